The zero-order chi connectivity index (χ0) is 18.0. The first-order valence-corrected chi connectivity index (χ1v) is 7.64. The van der Waals surface area contributed by atoms with Crippen LogP contribution in [-0.2, 0) is 16.1 Å². The summed E-state index contributed by atoms with van der Waals surface area (Å²) in [6.07, 6.45) is -2.24. The van der Waals surface area contributed by atoms with Gasteiger partial charge in [0.1, 0.15) is 5.69 Å². The van der Waals surface area contributed by atoms with Gasteiger partial charge in [0.05, 0.1) is 12.1 Å². The molecule has 3 rings (SSSR count). The third-order valence-corrected chi connectivity index (χ3v) is 3.73. The Labute approximate surface area is 142 Å². The van der Waals surface area contributed by atoms with Crippen molar-refractivity contribution < 1.29 is 19.1 Å². The number of hydrogen-bond donors (Lipinski definition) is 2. The maximum Gasteiger partial charge on any atom is 0.344 e. The first-order chi connectivity index (χ1) is 12.0. The van der Waals surface area contributed by atoms with Gasteiger partial charge in [-0.05, 0) is 23.8 Å². The quantitative estimate of drug-likeness (QED) is 0.747. The van der Waals surface area contributed by atoms with Gasteiger partial charge < -0.3 is 10.4 Å². The molecule has 0 fully saturated rings. The average Bonchev–Trinajstić information content (AvgIpc) is 2.92. The number of anilines is 1. The molecule has 6 nitrogen and oxygen atoms in total. The number of nitrogens with one attached hydrogen (secondary N) is 1. The van der Waals surface area contributed by atoms with E-state index in [0.717, 1.165) is 5.56 Å². The van der Waals surface area contributed by atoms with Crippen LogP contribution in [0.1, 0.15) is 24.4 Å². The van der Waals surface area contributed by atoms with Gasteiger partial charge in [-0.3, -0.25) is 9.48 Å². The molecule has 1 heterocycles. The fourth-order valence-electron chi connectivity index (χ4n) is 2.67. The Morgan fingerprint density at radius 1 is 1.24 bits per heavy atom. The van der Waals surface area contributed by atoms with Crippen molar-refractivity contribution in [1.29, 1.82) is 0 Å². The maximum atomic E-state index is 14.2. The van der Waals surface area contributed by atoms with E-state index < -0.39 is 12.1 Å². The number of amides is 1. The number of carbonyl (C=O) groups is 2. The van der Waals surface area contributed by atoms with Gasteiger partial charge in [-0.15, -0.1) is 0 Å². The molecule has 1 aromatic heterocycles. The molecule has 0 saturated carbocycles. The largest absolute Gasteiger partial charge is 0.479 e. The van der Waals surface area contributed by atoms with Gasteiger partial charge in [0.15, 0.2) is 0 Å². The van der Waals surface area contributed by atoms with Crippen molar-refractivity contribution in [2.45, 2.75) is 19.6 Å². The first kappa shape index (κ1) is 16.6. The second-order valence-electron chi connectivity index (χ2n) is 5.64. The molecule has 2 aromatic carbocycles. The van der Waals surface area contributed by atoms with E-state index in [1.54, 1.807) is 16.8 Å². The van der Waals surface area contributed by atoms with E-state index in [9.17, 15) is 14.0 Å². The molecule has 0 aliphatic heterocycles. The van der Waals surface area contributed by atoms with Crippen LogP contribution in [0.4, 0.5) is 10.1 Å². The Kier molecular flexibility index (Phi) is 4.47. The molecule has 1 unspecified atom stereocenters. The lowest BCUT2D eigenvalue weighted by Crippen LogP contribution is -2.08. The number of carboxylic acids is 1. The number of carbonyl (C=O) groups excluding carboxylic acids is 1. The topological polar surface area (TPSA) is 84.2 Å². The number of aromatic nitrogens is 2. The monoisotopic (exact) mass is 341 g/mol. The summed E-state index contributed by atoms with van der Waals surface area (Å²) >= 11 is 0. The molecular weight excluding hydrogens is 325 g/mol. The van der Waals surface area contributed by atoms with Crippen molar-refractivity contribution in [1.82, 2.24) is 9.78 Å². The zero-order valence-corrected chi connectivity index (χ0v) is 13.4. The van der Waals surface area contributed by atoms with Crippen LogP contribution >= 0.6 is 0 Å². The lowest BCUT2D eigenvalue weighted by Gasteiger charge is -2.05. The van der Waals surface area contributed by atoms with E-state index in [4.69, 9.17) is 5.11 Å². The fourth-order valence-corrected chi connectivity index (χ4v) is 2.67. The van der Waals surface area contributed by atoms with Crippen LogP contribution in [0.25, 0.3) is 10.9 Å². The van der Waals surface area contributed by atoms with E-state index in [2.05, 4.69) is 10.4 Å². The summed E-state index contributed by atoms with van der Waals surface area (Å²) in [6.45, 7) is 1.74. The summed E-state index contributed by atoms with van der Waals surface area (Å²) in [5.74, 6) is -1.87. The molecule has 7 heteroatoms. The summed E-state index contributed by atoms with van der Waals surface area (Å²) in [7, 11) is 0. The van der Waals surface area contributed by atoms with Crippen molar-refractivity contribution in [3.05, 3.63) is 59.8 Å². The van der Waals surface area contributed by atoms with E-state index in [1.807, 2.05) is 30.3 Å². The zero-order valence-electron chi connectivity index (χ0n) is 13.4. The van der Waals surface area contributed by atoms with Gasteiger partial charge in [-0.1, -0.05) is 30.3 Å². The Morgan fingerprint density at radius 3 is 2.60 bits per heavy atom. The van der Waals surface area contributed by atoms with Crippen LogP contribution in [0.2, 0.25) is 0 Å². The van der Waals surface area contributed by atoms with Crippen LogP contribution in [0.5, 0.6) is 0 Å². The third-order valence-electron chi connectivity index (χ3n) is 3.73. The molecule has 0 aliphatic carbocycles. The second-order valence-corrected chi connectivity index (χ2v) is 5.64. The van der Waals surface area contributed by atoms with Gasteiger partial charge in [-0.25, -0.2) is 9.18 Å². The van der Waals surface area contributed by atoms with Gasteiger partial charge in [0.25, 0.3) is 0 Å². The van der Waals surface area contributed by atoms with E-state index in [0.29, 0.717) is 23.1 Å². The minimum absolute atomic E-state index is 0.175. The molecule has 0 bridgehead atoms. The predicted molar refractivity (Wildman–Crippen MR) is 91.1 cm³/mol. The number of halogens is 1. The lowest BCUT2D eigenvalue weighted by molar-refractivity contribution is -0.143. The highest BCUT2D eigenvalue weighted by atomic mass is 19.1. The summed E-state index contributed by atoms with van der Waals surface area (Å²) in [4.78, 5) is 22.3. The summed E-state index contributed by atoms with van der Waals surface area (Å²) in [6, 6.07) is 14.4. The summed E-state index contributed by atoms with van der Waals surface area (Å²) in [5.41, 5.74) is 1.83. The van der Waals surface area contributed by atoms with Gasteiger partial charge in [0.2, 0.25) is 12.1 Å². The van der Waals surface area contributed by atoms with Crippen LogP contribution in [0.15, 0.2) is 48.5 Å². The highest BCUT2D eigenvalue weighted by Gasteiger charge is 2.26. The number of rotatable bonds is 5. The number of aliphatic carboxylic acids is 1. The molecule has 0 aliphatic rings. The molecule has 0 spiro atoms. The number of fused-ring (bicyclic) bond motifs is 1. The minimum atomic E-state index is -2.24. The normalized spacial score (nSPS) is 12.1. The standard InChI is InChI=1S/C18H16FN3O3/c1-11(23)20-13-7-8-15-14(9-13)17(16(19)18(24)25)21-22(15)10-12-5-3-2-4-6-12/h2-9,16H,10H2,1H3,(H,20,23)(H,24,25). The first-order valence-electron chi connectivity index (χ1n) is 7.64. The molecule has 0 saturated heterocycles. The number of hydrogen-bond acceptors (Lipinski definition) is 3. The van der Waals surface area contributed by atoms with Crippen LogP contribution in [0.3, 0.4) is 0 Å². The maximum absolute atomic E-state index is 14.2. The number of alkyl halides is 1. The van der Waals surface area contributed by atoms with Crippen LogP contribution in [-0.4, -0.2) is 26.8 Å². The fraction of sp³-hybridized carbons (Fsp3) is 0.167. The smallest absolute Gasteiger partial charge is 0.344 e. The van der Waals surface area contributed by atoms with Gasteiger partial charge >= 0.3 is 5.97 Å². The van der Waals surface area contributed by atoms with E-state index >= 15 is 0 Å². The van der Waals surface area contributed by atoms with Gasteiger partial charge in [-0.2, -0.15) is 5.10 Å². The Morgan fingerprint density at radius 2 is 1.96 bits per heavy atom. The van der Waals surface area contributed by atoms with E-state index in [1.165, 1.54) is 13.0 Å². The van der Waals surface area contributed by atoms with Crippen molar-refractivity contribution in [2.75, 3.05) is 5.32 Å². The number of nitrogens with zero attached hydrogens (tertiary/aromatic N) is 2. The van der Waals surface area contributed by atoms with E-state index in [-0.39, 0.29) is 11.6 Å². The molecule has 0 radical (unpaired) electrons. The van der Waals surface area contributed by atoms with Crippen molar-refractivity contribution in [3.8, 4) is 0 Å². The predicted octanol–water partition coefficient (Wildman–Crippen LogP) is 3.14. The number of carboxylic acid groups (broad SMARTS) is 1. The highest BCUT2D eigenvalue weighted by Crippen LogP contribution is 2.29. The van der Waals surface area contributed by atoms with Crippen LogP contribution < -0.4 is 5.32 Å². The molecule has 3 aromatic rings. The molecule has 1 amide bonds. The Bertz CT molecular complexity index is 937. The Balaban J connectivity index is 2.11. The number of benzene rings is 2. The minimum Gasteiger partial charge on any atom is -0.479 e. The third kappa shape index (κ3) is 3.50. The molecule has 128 valence electrons. The Hall–Kier alpha value is -3.22. The van der Waals surface area contributed by atoms with Crippen molar-refractivity contribution in [2.24, 2.45) is 0 Å². The van der Waals surface area contributed by atoms with Crippen molar-refractivity contribution in [3.63, 3.8) is 0 Å². The highest BCUT2D eigenvalue weighted by molar-refractivity contribution is 5.94. The molecule has 25 heavy (non-hydrogen) atoms. The molecule has 1 atom stereocenters. The average molecular weight is 341 g/mol. The second kappa shape index (κ2) is 6.72. The lowest BCUT2D eigenvalue weighted by atomic mass is 10.1. The van der Waals surface area contributed by atoms with Crippen molar-refractivity contribution >= 4 is 28.5 Å². The molecular formula is C18H16FN3O3. The summed E-state index contributed by atoms with van der Waals surface area (Å²) in [5, 5.41) is 16.2. The van der Waals surface area contributed by atoms with Crippen LogP contribution in [0, 0.1) is 0 Å². The van der Waals surface area contributed by atoms with Gasteiger partial charge in [0, 0.05) is 18.0 Å². The summed E-state index contributed by atoms with van der Waals surface area (Å²) < 4.78 is 15.7. The molecule has 2 N–H and O–H groups in total. The SMILES string of the molecule is CC(=O)Nc1ccc2c(c1)c(C(F)C(=O)O)nn2Cc1ccccc1.